The highest BCUT2D eigenvalue weighted by molar-refractivity contribution is 6.20. The van der Waals surface area contributed by atoms with Gasteiger partial charge in [-0.2, -0.15) is 13.2 Å². The van der Waals surface area contributed by atoms with Gasteiger partial charge in [0.05, 0.1) is 12.3 Å². The summed E-state index contributed by atoms with van der Waals surface area (Å²) in [6.45, 7) is 0.964. The van der Waals surface area contributed by atoms with E-state index in [2.05, 4.69) is 21.5 Å². The van der Waals surface area contributed by atoms with Crippen LogP contribution < -0.4 is 21.5 Å². The molecule has 1 saturated carbocycles. The van der Waals surface area contributed by atoms with E-state index in [0.717, 1.165) is 25.8 Å². The van der Waals surface area contributed by atoms with Crippen molar-refractivity contribution < 1.29 is 23.4 Å². The molecule has 0 aromatic carbocycles. The molecule has 8 atom stereocenters. The first kappa shape index (κ1) is 20.6. The zero-order chi connectivity index (χ0) is 18.9. The molecule has 2 saturated heterocycles. The van der Waals surface area contributed by atoms with Crippen molar-refractivity contribution in [2.75, 3.05) is 19.6 Å². The smallest absolute Gasteiger partial charge is 0.393 e. The summed E-state index contributed by atoms with van der Waals surface area (Å²) in [4.78, 5) is 0. The number of hydrogen-bond acceptors (Lipinski definition) is 6. The Bertz CT molecular complexity index is 473. The summed E-state index contributed by atoms with van der Waals surface area (Å²) < 4.78 is 37.6. The van der Waals surface area contributed by atoms with Gasteiger partial charge in [-0.05, 0) is 38.1 Å². The molecule has 0 spiro atoms. The average molecular weight is 401 g/mol. The third kappa shape index (κ3) is 4.63. The lowest BCUT2D eigenvalue weighted by atomic mass is 9.69. The molecule has 0 aromatic heterocycles. The van der Waals surface area contributed by atoms with Crippen LogP contribution in [0.25, 0.3) is 0 Å². The van der Waals surface area contributed by atoms with E-state index in [1.807, 2.05) is 0 Å². The van der Waals surface area contributed by atoms with Gasteiger partial charge in [0.25, 0.3) is 0 Å². The molecule has 10 heteroatoms. The molecule has 6 nitrogen and oxygen atoms in total. The van der Waals surface area contributed by atoms with Crippen molar-refractivity contribution in [1.82, 2.24) is 21.5 Å². The van der Waals surface area contributed by atoms with E-state index in [4.69, 9.17) is 11.6 Å². The monoisotopic (exact) mass is 400 g/mol. The van der Waals surface area contributed by atoms with E-state index < -0.39 is 24.9 Å². The third-order valence-corrected chi connectivity index (χ3v) is 6.45. The van der Waals surface area contributed by atoms with Crippen molar-refractivity contribution in [1.29, 1.82) is 0 Å². The Labute approximate surface area is 156 Å². The van der Waals surface area contributed by atoms with Gasteiger partial charge in [0.2, 0.25) is 0 Å². The molecular weight excluding hydrogens is 373 g/mol. The highest BCUT2D eigenvalue weighted by Gasteiger charge is 2.47. The van der Waals surface area contributed by atoms with Gasteiger partial charge in [0.15, 0.2) is 6.10 Å². The van der Waals surface area contributed by atoms with Crippen LogP contribution in [0.4, 0.5) is 13.2 Å². The first-order chi connectivity index (χ1) is 12.3. The van der Waals surface area contributed by atoms with Crippen molar-refractivity contribution in [3.8, 4) is 0 Å². The van der Waals surface area contributed by atoms with Crippen LogP contribution in [-0.4, -0.2) is 65.8 Å². The first-order valence-corrected chi connectivity index (χ1v) is 9.73. The second kappa shape index (κ2) is 8.46. The van der Waals surface area contributed by atoms with Gasteiger partial charge in [-0.3, -0.25) is 10.7 Å². The highest BCUT2D eigenvalue weighted by Crippen LogP contribution is 2.38. The molecule has 2 heterocycles. The zero-order valence-electron chi connectivity index (χ0n) is 14.5. The van der Waals surface area contributed by atoms with Crippen molar-refractivity contribution >= 4 is 11.6 Å². The van der Waals surface area contributed by atoms with Crippen molar-refractivity contribution in [3.05, 3.63) is 0 Å². The van der Waals surface area contributed by atoms with E-state index in [1.165, 1.54) is 0 Å². The molecule has 6 N–H and O–H groups in total. The number of alkyl halides is 4. The van der Waals surface area contributed by atoms with Gasteiger partial charge in [-0.1, -0.05) is 0 Å². The third-order valence-electron chi connectivity index (χ3n) is 6.05. The van der Waals surface area contributed by atoms with Gasteiger partial charge in [0, 0.05) is 36.3 Å². The van der Waals surface area contributed by atoms with E-state index >= 15 is 0 Å². The van der Waals surface area contributed by atoms with Crippen LogP contribution >= 0.6 is 11.6 Å². The molecule has 3 aliphatic rings. The van der Waals surface area contributed by atoms with Crippen molar-refractivity contribution in [2.24, 2.45) is 17.8 Å². The minimum atomic E-state index is -4.63. The van der Waals surface area contributed by atoms with Gasteiger partial charge in [-0.15, -0.1) is 11.6 Å². The maximum atomic E-state index is 12.5. The van der Waals surface area contributed by atoms with Crippen molar-refractivity contribution in [2.45, 2.75) is 61.7 Å². The van der Waals surface area contributed by atoms with Gasteiger partial charge in [-0.25, -0.2) is 5.43 Å². The lowest BCUT2D eigenvalue weighted by Crippen LogP contribution is -2.71. The quantitative estimate of drug-likeness (QED) is 0.380. The molecular formula is C16H28ClF3N4O2. The molecule has 0 amide bonds. The SMILES string of the molecule is OC1CC(Cl)CCC1C1NNC(NC[C@H](O)C(F)(F)F)C2CNCCC21. The molecule has 1 aliphatic carbocycles. The lowest BCUT2D eigenvalue weighted by molar-refractivity contribution is -0.202. The second-order valence-corrected chi connectivity index (χ2v) is 8.34. The van der Waals surface area contributed by atoms with Crippen LogP contribution in [0.5, 0.6) is 0 Å². The van der Waals surface area contributed by atoms with Crippen LogP contribution in [0, 0.1) is 17.8 Å². The summed E-state index contributed by atoms with van der Waals surface area (Å²) in [5, 5.41) is 25.8. The van der Waals surface area contributed by atoms with Gasteiger partial charge < -0.3 is 15.5 Å². The Kier molecular flexibility index (Phi) is 6.70. The fraction of sp³-hybridized carbons (Fsp3) is 1.00. The molecule has 3 rings (SSSR count). The maximum absolute atomic E-state index is 12.5. The standard InChI is InChI=1S/C16H28ClF3N4O2/c17-8-1-2-10(12(25)5-8)14-9-3-4-21-6-11(9)15(24-23-14)22-7-13(26)16(18,19)20/h8-15,21-26H,1-7H2/t8?,9?,10?,11?,12?,13-,14?,15?/m0/s1. The highest BCUT2D eigenvalue weighted by atomic mass is 35.5. The molecule has 0 radical (unpaired) electrons. The average Bonchev–Trinajstić information content (AvgIpc) is 2.59. The summed E-state index contributed by atoms with van der Waals surface area (Å²) in [6.07, 6.45) is -4.74. The lowest BCUT2D eigenvalue weighted by Gasteiger charge is -2.51. The predicted octanol–water partition coefficient (Wildman–Crippen LogP) is 0.296. The van der Waals surface area contributed by atoms with Gasteiger partial charge >= 0.3 is 6.18 Å². The maximum Gasteiger partial charge on any atom is 0.415 e. The number of piperidine rings is 1. The largest absolute Gasteiger partial charge is 0.415 e. The Hall–Kier alpha value is -0.160. The number of rotatable bonds is 4. The fourth-order valence-electron chi connectivity index (χ4n) is 4.63. The minimum Gasteiger partial charge on any atom is -0.393 e. The number of aliphatic hydroxyl groups is 2. The summed E-state index contributed by atoms with van der Waals surface area (Å²) in [5.74, 6) is 0.366. The molecule has 2 aliphatic heterocycles. The van der Waals surface area contributed by atoms with E-state index in [0.29, 0.717) is 13.0 Å². The van der Waals surface area contributed by atoms with Crippen molar-refractivity contribution in [3.63, 3.8) is 0 Å². The minimum absolute atomic E-state index is 0.000101. The Morgan fingerprint density at radius 3 is 2.58 bits per heavy atom. The molecule has 0 bridgehead atoms. The summed E-state index contributed by atoms with van der Waals surface area (Å²) in [7, 11) is 0. The van der Waals surface area contributed by atoms with Crippen LogP contribution in [0.1, 0.15) is 25.7 Å². The molecule has 152 valence electrons. The van der Waals surface area contributed by atoms with Crippen LogP contribution in [-0.2, 0) is 0 Å². The molecule has 3 fully saturated rings. The summed E-state index contributed by atoms with van der Waals surface area (Å²) in [6, 6.07) is 0.0480. The number of aliphatic hydroxyl groups excluding tert-OH is 2. The molecule has 7 unspecified atom stereocenters. The number of halogens is 4. The topological polar surface area (TPSA) is 88.6 Å². The number of nitrogens with one attached hydrogen (secondary N) is 4. The van der Waals surface area contributed by atoms with Crippen LogP contribution in [0.3, 0.4) is 0 Å². The normalized spacial score (nSPS) is 42.9. The Balaban J connectivity index is 1.63. The van der Waals surface area contributed by atoms with E-state index in [-0.39, 0.29) is 35.3 Å². The first-order valence-electron chi connectivity index (χ1n) is 9.29. The Morgan fingerprint density at radius 1 is 1.12 bits per heavy atom. The Morgan fingerprint density at radius 2 is 1.88 bits per heavy atom. The summed E-state index contributed by atoms with van der Waals surface area (Å²) >= 11 is 6.15. The van der Waals surface area contributed by atoms with E-state index in [1.54, 1.807) is 0 Å². The number of fused-ring (bicyclic) bond motifs is 1. The van der Waals surface area contributed by atoms with Crippen LogP contribution in [0.2, 0.25) is 0 Å². The van der Waals surface area contributed by atoms with E-state index in [9.17, 15) is 23.4 Å². The van der Waals surface area contributed by atoms with Crippen LogP contribution in [0.15, 0.2) is 0 Å². The fourth-order valence-corrected chi connectivity index (χ4v) is 4.94. The zero-order valence-corrected chi connectivity index (χ0v) is 15.2. The second-order valence-electron chi connectivity index (χ2n) is 7.72. The molecule has 0 aromatic rings. The molecule has 26 heavy (non-hydrogen) atoms. The summed E-state index contributed by atoms with van der Waals surface area (Å²) in [5.41, 5.74) is 6.32. The van der Waals surface area contributed by atoms with Gasteiger partial charge in [0.1, 0.15) is 0 Å². The number of hydrazine groups is 1. The predicted molar refractivity (Wildman–Crippen MR) is 91.4 cm³/mol. The number of hydrogen-bond donors (Lipinski definition) is 6.